The minimum atomic E-state index is -1.04. The van der Waals surface area contributed by atoms with E-state index >= 15 is 0 Å². The molecule has 3 N–H and O–H groups in total. The van der Waals surface area contributed by atoms with Gasteiger partial charge in [-0.15, -0.1) is 11.8 Å². The Morgan fingerprint density at radius 2 is 2.24 bits per heavy atom. The van der Waals surface area contributed by atoms with E-state index in [0.717, 1.165) is 12.2 Å². The molecule has 0 aromatic heterocycles. The van der Waals surface area contributed by atoms with Crippen LogP contribution in [0.2, 0.25) is 0 Å². The summed E-state index contributed by atoms with van der Waals surface area (Å²) in [5.41, 5.74) is 0.261. The third-order valence-corrected chi connectivity index (χ3v) is 4.15. The van der Waals surface area contributed by atoms with Crippen LogP contribution < -0.4 is 5.32 Å². The second-order valence-electron chi connectivity index (χ2n) is 4.76. The number of thioether (sulfide) groups is 1. The fourth-order valence-corrected chi connectivity index (χ4v) is 3.08. The van der Waals surface area contributed by atoms with Crippen LogP contribution in [0.1, 0.15) is 24.9 Å². The summed E-state index contributed by atoms with van der Waals surface area (Å²) < 4.78 is 0. The highest BCUT2D eigenvalue weighted by Crippen LogP contribution is 2.35. The Hall–Kier alpha value is -0.550. The van der Waals surface area contributed by atoms with Gasteiger partial charge in [0.25, 0.3) is 0 Å². The van der Waals surface area contributed by atoms with Crippen molar-refractivity contribution in [2.75, 3.05) is 18.9 Å². The van der Waals surface area contributed by atoms with Crippen LogP contribution in [0.3, 0.4) is 0 Å². The zero-order valence-corrected chi connectivity index (χ0v) is 10.8. The maximum Gasteiger partial charge on any atom is 0.0973 e. The van der Waals surface area contributed by atoms with Crippen LogP contribution in [0.4, 0.5) is 0 Å². The predicted molar refractivity (Wildman–Crippen MR) is 70.2 cm³/mol. The van der Waals surface area contributed by atoms with Crippen molar-refractivity contribution in [1.29, 1.82) is 0 Å². The number of fused-ring (bicyclic) bond motifs is 1. The Labute approximate surface area is 106 Å². The highest BCUT2D eigenvalue weighted by atomic mass is 32.2. The molecule has 2 atom stereocenters. The van der Waals surface area contributed by atoms with Crippen LogP contribution in [0.15, 0.2) is 29.2 Å². The van der Waals surface area contributed by atoms with Crippen molar-refractivity contribution in [2.45, 2.75) is 29.9 Å². The molecule has 2 unspecified atom stereocenters. The first-order valence-electron chi connectivity index (χ1n) is 5.91. The first-order valence-corrected chi connectivity index (χ1v) is 6.89. The van der Waals surface area contributed by atoms with Crippen molar-refractivity contribution < 1.29 is 10.2 Å². The van der Waals surface area contributed by atoms with E-state index in [1.807, 2.05) is 17.8 Å². The molecule has 1 heterocycles. The monoisotopic (exact) mass is 253 g/mol. The average Bonchev–Trinajstić information content (AvgIpc) is 2.36. The molecule has 0 aliphatic carbocycles. The first kappa shape index (κ1) is 12.9. The van der Waals surface area contributed by atoms with E-state index in [-0.39, 0.29) is 12.6 Å². The second-order valence-corrected chi connectivity index (χ2v) is 5.90. The van der Waals surface area contributed by atoms with Gasteiger partial charge in [0.1, 0.15) is 0 Å². The van der Waals surface area contributed by atoms with Crippen molar-refractivity contribution in [3.63, 3.8) is 0 Å². The van der Waals surface area contributed by atoms with Gasteiger partial charge in [0.05, 0.1) is 12.2 Å². The van der Waals surface area contributed by atoms with Crippen molar-refractivity contribution in [1.82, 2.24) is 5.32 Å². The van der Waals surface area contributed by atoms with E-state index in [1.165, 1.54) is 10.5 Å². The topological polar surface area (TPSA) is 52.5 Å². The van der Waals surface area contributed by atoms with E-state index in [0.29, 0.717) is 6.54 Å². The normalized spacial score (nSPS) is 22.9. The molecule has 0 saturated carbocycles. The molecular weight excluding hydrogens is 234 g/mol. The molecule has 2 rings (SSSR count). The summed E-state index contributed by atoms with van der Waals surface area (Å²) in [4.78, 5) is 1.32. The van der Waals surface area contributed by atoms with Gasteiger partial charge in [-0.05, 0) is 30.7 Å². The van der Waals surface area contributed by atoms with Crippen LogP contribution in [0, 0.1) is 0 Å². The minimum absolute atomic E-state index is 0.219. The van der Waals surface area contributed by atoms with Crippen LogP contribution >= 0.6 is 11.8 Å². The first-order chi connectivity index (χ1) is 8.12. The summed E-state index contributed by atoms with van der Waals surface area (Å²) >= 11 is 1.88. The van der Waals surface area contributed by atoms with Gasteiger partial charge >= 0.3 is 0 Å². The number of aliphatic hydroxyl groups excluding tert-OH is 1. The Kier molecular flexibility index (Phi) is 4.09. The molecule has 1 aliphatic heterocycles. The smallest absolute Gasteiger partial charge is 0.0973 e. The maximum atomic E-state index is 9.78. The Morgan fingerprint density at radius 3 is 3.00 bits per heavy atom. The average molecular weight is 253 g/mol. The second kappa shape index (κ2) is 5.40. The Balaban J connectivity index is 2.04. The summed E-state index contributed by atoms with van der Waals surface area (Å²) in [5, 5.41) is 22.2. The SMILES string of the molecule is CC(O)(CO)CNC1CCSc2ccccc21. The molecule has 17 heavy (non-hydrogen) atoms. The quantitative estimate of drug-likeness (QED) is 0.762. The minimum Gasteiger partial charge on any atom is -0.393 e. The number of aliphatic hydroxyl groups is 2. The summed E-state index contributed by atoms with van der Waals surface area (Å²) in [7, 11) is 0. The van der Waals surface area contributed by atoms with Gasteiger partial charge in [0.2, 0.25) is 0 Å². The fraction of sp³-hybridized carbons (Fsp3) is 0.538. The third-order valence-electron chi connectivity index (χ3n) is 3.03. The predicted octanol–water partition coefficient (Wildman–Crippen LogP) is 1.56. The number of rotatable bonds is 4. The number of hydrogen-bond acceptors (Lipinski definition) is 4. The molecule has 4 heteroatoms. The highest BCUT2D eigenvalue weighted by molar-refractivity contribution is 7.99. The molecular formula is C13H19NO2S. The Morgan fingerprint density at radius 1 is 1.47 bits per heavy atom. The van der Waals surface area contributed by atoms with Crippen LogP contribution in [0.5, 0.6) is 0 Å². The summed E-state index contributed by atoms with van der Waals surface area (Å²) in [6.07, 6.45) is 1.06. The molecule has 1 aromatic carbocycles. The van der Waals surface area contributed by atoms with Crippen molar-refractivity contribution in [3.05, 3.63) is 29.8 Å². The molecule has 0 spiro atoms. The van der Waals surface area contributed by atoms with E-state index in [9.17, 15) is 5.11 Å². The van der Waals surface area contributed by atoms with Gasteiger partial charge in [-0.3, -0.25) is 0 Å². The molecule has 0 saturated heterocycles. The van der Waals surface area contributed by atoms with Gasteiger partial charge in [0, 0.05) is 17.5 Å². The van der Waals surface area contributed by atoms with E-state index in [1.54, 1.807) is 6.92 Å². The molecule has 1 aliphatic rings. The van der Waals surface area contributed by atoms with E-state index in [4.69, 9.17) is 5.11 Å². The van der Waals surface area contributed by atoms with Crippen molar-refractivity contribution in [3.8, 4) is 0 Å². The van der Waals surface area contributed by atoms with Crippen molar-refractivity contribution >= 4 is 11.8 Å². The third kappa shape index (κ3) is 3.22. The number of nitrogens with one attached hydrogen (secondary N) is 1. The highest BCUT2D eigenvalue weighted by Gasteiger charge is 2.24. The van der Waals surface area contributed by atoms with Gasteiger partial charge in [-0.1, -0.05) is 18.2 Å². The number of benzene rings is 1. The lowest BCUT2D eigenvalue weighted by Gasteiger charge is -2.29. The Bertz CT molecular complexity index is 381. The van der Waals surface area contributed by atoms with Gasteiger partial charge in [-0.2, -0.15) is 0 Å². The summed E-state index contributed by atoms with van der Waals surface area (Å²) in [6.45, 7) is 1.83. The summed E-state index contributed by atoms with van der Waals surface area (Å²) in [5.74, 6) is 1.09. The van der Waals surface area contributed by atoms with Crippen molar-refractivity contribution in [2.24, 2.45) is 0 Å². The lowest BCUT2D eigenvalue weighted by Crippen LogP contribution is -2.42. The molecule has 0 fully saturated rings. The van der Waals surface area contributed by atoms with Crippen LogP contribution in [-0.4, -0.2) is 34.7 Å². The van der Waals surface area contributed by atoms with Gasteiger partial charge < -0.3 is 15.5 Å². The molecule has 0 radical (unpaired) electrons. The zero-order valence-electron chi connectivity index (χ0n) is 10.0. The molecule has 0 amide bonds. The molecule has 94 valence electrons. The maximum absolute atomic E-state index is 9.78. The van der Waals surface area contributed by atoms with Gasteiger partial charge in [-0.25, -0.2) is 0 Å². The number of hydrogen-bond donors (Lipinski definition) is 3. The fourth-order valence-electron chi connectivity index (χ4n) is 1.95. The largest absolute Gasteiger partial charge is 0.393 e. The lowest BCUT2D eigenvalue weighted by molar-refractivity contribution is 0.000527. The van der Waals surface area contributed by atoms with Gasteiger partial charge in [0.15, 0.2) is 0 Å². The van der Waals surface area contributed by atoms with Crippen LogP contribution in [-0.2, 0) is 0 Å². The summed E-state index contributed by atoms with van der Waals surface area (Å²) in [6, 6.07) is 8.65. The van der Waals surface area contributed by atoms with E-state index in [2.05, 4.69) is 23.5 Å². The zero-order chi connectivity index (χ0) is 12.3. The molecule has 1 aromatic rings. The molecule has 0 bridgehead atoms. The standard InChI is InChI=1S/C13H19NO2S/c1-13(16,9-15)8-14-11-6-7-17-12-5-3-2-4-10(11)12/h2-5,11,14-16H,6-9H2,1H3. The van der Waals surface area contributed by atoms with E-state index < -0.39 is 5.60 Å². The molecule has 3 nitrogen and oxygen atoms in total. The van der Waals surface area contributed by atoms with Crippen LogP contribution in [0.25, 0.3) is 0 Å². The lowest BCUT2D eigenvalue weighted by atomic mass is 10.0.